The van der Waals surface area contributed by atoms with Gasteiger partial charge in [0.25, 0.3) is 0 Å². The molecular formula is C14H20N2OS. The number of thiazole rings is 1. The van der Waals surface area contributed by atoms with Crippen molar-refractivity contribution in [3.05, 3.63) is 39.7 Å². The Morgan fingerprint density at radius 1 is 1.44 bits per heavy atom. The first-order valence-electron chi connectivity index (χ1n) is 6.40. The van der Waals surface area contributed by atoms with Gasteiger partial charge < -0.3 is 9.73 Å². The Labute approximate surface area is 112 Å². The lowest BCUT2D eigenvalue weighted by atomic mass is 10.1. The molecule has 3 nitrogen and oxygen atoms in total. The minimum Gasteiger partial charge on any atom is -0.468 e. The second-order valence-corrected chi connectivity index (χ2v) is 5.76. The fourth-order valence-electron chi connectivity index (χ4n) is 1.88. The van der Waals surface area contributed by atoms with Crippen LogP contribution in [0.2, 0.25) is 0 Å². The zero-order chi connectivity index (χ0) is 13.0. The first-order valence-corrected chi connectivity index (χ1v) is 7.22. The Bertz CT molecular complexity index is 456. The zero-order valence-corrected chi connectivity index (χ0v) is 12.0. The molecule has 0 fully saturated rings. The van der Waals surface area contributed by atoms with Gasteiger partial charge in [-0.05, 0) is 38.9 Å². The summed E-state index contributed by atoms with van der Waals surface area (Å²) >= 11 is 1.78. The summed E-state index contributed by atoms with van der Waals surface area (Å²) in [6.45, 7) is 7.35. The topological polar surface area (TPSA) is 38.1 Å². The van der Waals surface area contributed by atoms with Crippen molar-refractivity contribution in [3.8, 4) is 0 Å². The number of rotatable bonds is 6. The molecule has 2 heterocycles. The van der Waals surface area contributed by atoms with Gasteiger partial charge >= 0.3 is 0 Å². The first kappa shape index (κ1) is 13.3. The third-order valence-electron chi connectivity index (χ3n) is 2.98. The summed E-state index contributed by atoms with van der Waals surface area (Å²) < 4.78 is 5.52. The predicted molar refractivity (Wildman–Crippen MR) is 75.0 cm³/mol. The fourth-order valence-corrected chi connectivity index (χ4v) is 2.86. The van der Waals surface area contributed by atoms with E-state index in [2.05, 4.69) is 31.1 Å². The largest absolute Gasteiger partial charge is 0.468 e. The smallest absolute Gasteiger partial charge is 0.121 e. The van der Waals surface area contributed by atoms with Gasteiger partial charge in [-0.15, -0.1) is 11.3 Å². The van der Waals surface area contributed by atoms with Gasteiger partial charge in [-0.1, -0.05) is 6.92 Å². The highest BCUT2D eigenvalue weighted by Gasteiger charge is 2.16. The van der Waals surface area contributed by atoms with Crippen LogP contribution in [0.15, 0.2) is 22.8 Å². The summed E-state index contributed by atoms with van der Waals surface area (Å²) in [6.07, 6.45) is 3.74. The highest BCUT2D eigenvalue weighted by atomic mass is 32.1. The van der Waals surface area contributed by atoms with E-state index in [4.69, 9.17) is 4.42 Å². The van der Waals surface area contributed by atoms with E-state index in [0.717, 1.165) is 30.8 Å². The van der Waals surface area contributed by atoms with Crippen molar-refractivity contribution >= 4 is 11.3 Å². The Kier molecular flexibility index (Phi) is 4.55. The van der Waals surface area contributed by atoms with Gasteiger partial charge in [-0.25, -0.2) is 4.98 Å². The van der Waals surface area contributed by atoms with Gasteiger partial charge in [0, 0.05) is 11.3 Å². The molecule has 0 saturated carbocycles. The quantitative estimate of drug-likeness (QED) is 0.865. The summed E-state index contributed by atoms with van der Waals surface area (Å²) in [5.74, 6) is 0.994. The van der Waals surface area contributed by atoms with Crippen molar-refractivity contribution in [2.75, 3.05) is 6.54 Å². The van der Waals surface area contributed by atoms with Crippen LogP contribution in [-0.2, 0) is 6.42 Å². The van der Waals surface area contributed by atoms with Crippen molar-refractivity contribution < 1.29 is 4.42 Å². The van der Waals surface area contributed by atoms with E-state index in [1.54, 1.807) is 17.6 Å². The maximum absolute atomic E-state index is 5.52. The van der Waals surface area contributed by atoms with Crippen molar-refractivity contribution in [1.82, 2.24) is 10.3 Å². The Morgan fingerprint density at radius 3 is 2.83 bits per heavy atom. The number of nitrogens with one attached hydrogen (secondary N) is 1. The Morgan fingerprint density at radius 2 is 2.28 bits per heavy atom. The zero-order valence-electron chi connectivity index (χ0n) is 11.2. The first-order chi connectivity index (χ1) is 8.70. The molecule has 0 aromatic carbocycles. The lowest BCUT2D eigenvalue weighted by Crippen LogP contribution is -2.23. The van der Waals surface area contributed by atoms with Crippen LogP contribution in [0.4, 0.5) is 0 Å². The molecule has 2 rings (SSSR count). The molecule has 0 aliphatic carbocycles. The molecule has 0 amide bonds. The third-order valence-corrected chi connectivity index (χ3v) is 4.07. The van der Waals surface area contributed by atoms with Crippen LogP contribution in [0, 0.1) is 13.8 Å². The van der Waals surface area contributed by atoms with Crippen LogP contribution in [0.5, 0.6) is 0 Å². The molecule has 2 aromatic heterocycles. The molecule has 0 aliphatic heterocycles. The average Bonchev–Trinajstić information content (AvgIpc) is 2.96. The molecule has 1 unspecified atom stereocenters. The summed E-state index contributed by atoms with van der Waals surface area (Å²) in [4.78, 5) is 5.91. The summed E-state index contributed by atoms with van der Waals surface area (Å²) in [7, 11) is 0. The molecule has 1 N–H and O–H groups in total. The molecule has 1 atom stereocenters. The normalized spacial score (nSPS) is 12.8. The van der Waals surface area contributed by atoms with Gasteiger partial charge in [0.05, 0.1) is 23.0 Å². The minimum atomic E-state index is 0.227. The second kappa shape index (κ2) is 6.16. The van der Waals surface area contributed by atoms with E-state index in [1.165, 1.54) is 9.88 Å². The van der Waals surface area contributed by atoms with Crippen LogP contribution in [0.3, 0.4) is 0 Å². The molecule has 4 heteroatoms. The average molecular weight is 264 g/mol. The lowest BCUT2D eigenvalue weighted by molar-refractivity contribution is 0.410. The summed E-state index contributed by atoms with van der Waals surface area (Å²) in [5, 5.41) is 4.70. The molecule has 2 aromatic rings. The summed E-state index contributed by atoms with van der Waals surface area (Å²) in [5.41, 5.74) is 1.14. The van der Waals surface area contributed by atoms with Crippen LogP contribution in [0.1, 0.15) is 40.7 Å². The van der Waals surface area contributed by atoms with Gasteiger partial charge in [-0.3, -0.25) is 0 Å². The number of aromatic nitrogens is 1. The second-order valence-electron chi connectivity index (χ2n) is 4.48. The van der Waals surface area contributed by atoms with Gasteiger partial charge in [-0.2, -0.15) is 0 Å². The lowest BCUT2D eigenvalue weighted by Gasteiger charge is -2.14. The number of hydrogen-bond donors (Lipinski definition) is 1. The van der Waals surface area contributed by atoms with Gasteiger partial charge in [0.1, 0.15) is 5.76 Å². The molecule has 98 valence electrons. The number of furan rings is 1. The molecule has 0 spiro atoms. The van der Waals surface area contributed by atoms with Crippen molar-refractivity contribution in [2.24, 2.45) is 0 Å². The third kappa shape index (κ3) is 3.21. The number of aryl methyl sites for hydroxylation is 2. The van der Waals surface area contributed by atoms with Crippen molar-refractivity contribution in [2.45, 2.75) is 39.7 Å². The van der Waals surface area contributed by atoms with Crippen LogP contribution in [-0.4, -0.2) is 11.5 Å². The number of hydrogen-bond acceptors (Lipinski definition) is 4. The Balaban J connectivity index is 2.09. The van der Waals surface area contributed by atoms with Crippen molar-refractivity contribution in [1.29, 1.82) is 0 Å². The molecule has 0 aliphatic rings. The van der Waals surface area contributed by atoms with Crippen LogP contribution < -0.4 is 5.32 Å². The van der Waals surface area contributed by atoms with Crippen LogP contribution in [0.25, 0.3) is 0 Å². The van der Waals surface area contributed by atoms with E-state index in [0.29, 0.717) is 0 Å². The standard InChI is InChI=1S/C14H20N2OS/c1-4-7-15-12(13-6-5-8-17-13)9-14-16-10(2)11(3)18-14/h5-6,8,12,15H,4,7,9H2,1-3H3. The van der Waals surface area contributed by atoms with E-state index in [-0.39, 0.29) is 6.04 Å². The monoisotopic (exact) mass is 264 g/mol. The maximum atomic E-state index is 5.52. The Hall–Kier alpha value is -1.13. The highest BCUT2D eigenvalue weighted by Crippen LogP contribution is 2.23. The van der Waals surface area contributed by atoms with Crippen LogP contribution >= 0.6 is 11.3 Å². The number of nitrogens with zero attached hydrogens (tertiary/aromatic N) is 1. The van der Waals surface area contributed by atoms with E-state index >= 15 is 0 Å². The molecule has 18 heavy (non-hydrogen) atoms. The van der Waals surface area contributed by atoms with Gasteiger partial charge in [0.15, 0.2) is 0 Å². The fraction of sp³-hybridized carbons (Fsp3) is 0.500. The SMILES string of the molecule is CCCNC(Cc1nc(C)c(C)s1)c1ccco1. The van der Waals surface area contributed by atoms with Gasteiger partial charge in [0.2, 0.25) is 0 Å². The predicted octanol–water partition coefficient (Wildman–Crippen LogP) is 3.64. The highest BCUT2D eigenvalue weighted by molar-refractivity contribution is 7.11. The minimum absolute atomic E-state index is 0.227. The molecular weight excluding hydrogens is 244 g/mol. The molecule has 0 bridgehead atoms. The molecule has 0 saturated heterocycles. The summed E-state index contributed by atoms with van der Waals surface area (Å²) in [6, 6.07) is 4.19. The van der Waals surface area contributed by atoms with E-state index < -0.39 is 0 Å². The maximum Gasteiger partial charge on any atom is 0.121 e. The van der Waals surface area contributed by atoms with E-state index in [1.807, 2.05) is 12.1 Å². The van der Waals surface area contributed by atoms with Crippen molar-refractivity contribution in [3.63, 3.8) is 0 Å². The van der Waals surface area contributed by atoms with E-state index in [9.17, 15) is 0 Å². The molecule has 0 radical (unpaired) electrons.